The molecule has 146 valence electrons. The number of carbonyl (C=O) groups excluding carboxylic acids is 1. The van der Waals surface area contributed by atoms with E-state index < -0.39 is 10.9 Å². The molecule has 2 aromatic heterocycles. The molecule has 0 spiro atoms. The van der Waals surface area contributed by atoms with Gasteiger partial charge in [-0.3, -0.25) is 10.1 Å². The lowest BCUT2D eigenvalue weighted by Crippen LogP contribution is -2.07. The van der Waals surface area contributed by atoms with Crippen LogP contribution in [0.1, 0.15) is 27.4 Å². The number of hydrogen-bond acceptors (Lipinski definition) is 9. The number of hydrogen-bond donors (Lipinski definition) is 1. The second kappa shape index (κ2) is 8.86. The van der Waals surface area contributed by atoms with Gasteiger partial charge < -0.3 is 10.5 Å². The number of aryl methyl sites for hydroxylation is 1. The summed E-state index contributed by atoms with van der Waals surface area (Å²) in [6.07, 6.45) is 3.23. The van der Waals surface area contributed by atoms with Crippen LogP contribution in [-0.4, -0.2) is 35.9 Å². The Morgan fingerprint density at radius 2 is 2.04 bits per heavy atom. The molecule has 0 aliphatic heterocycles. The molecule has 1 aromatic carbocycles. The van der Waals surface area contributed by atoms with Crippen molar-refractivity contribution in [1.29, 1.82) is 0 Å². The first-order valence-electron chi connectivity index (χ1n) is 7.81. The van der Waals surface area contributed by atoms with Crippen molar-refractivity contribution in [3.63, 3.8) is 0 Å². The van der Waals surface area contributed by atoms with Crippen molar-refractivity contribution in [3.05, 3.63) is 69.4 Å². The molecule has 0 radical (unpaired) electrons. The Morgan fingerprint density at radius 1 is 1.32 bits per heavy atom. The average molecular weight is 406 g/mol. The summed E-state index contributed by atoms with van der Waals surface area (Å²) in [4.78, 5) is 30.2. The molecule has 3 aromatic rings. The van der Waals surface area contributed by atoms with Gasteiger partial charge in [-0.1, -0.05) is 5.21 Å². The second-order valence-electron chi connectivity index (χ2n) is 5.62. The van der Waals surface area contributed by atoms with Gasteiger partial charge in [0, 0.05) is 23.9 Å². The molecule has 0 atom stereocenters. The summed E-state index contributed by atoms with van der Waals surface area (Å²) >= 11 is 0. The van der Waals surface area contributed by atoms with E-state index in [0.717, 1.165) is 0 Å². The number of nitro groups is 1. The third-order valence-electron chi connectivity index (χ3n) is 3.60. The van der Waals surface area contributed by atoms with Crippen LogP contribution in [0.15, 0.2) is 36.7 Å². The van der Waals surface area contributed by atoms with Crippen molar-refractivity contribution in [2.75, 3.05) is 5.73 Å². The van der Waals surface area contributed by atoms with Crippen molar-refractivity contribution in [2.24, 2.45) is 0 Å². The quantitative estimate of drug-likeness (QED) is 0.366. The highest BCUT2D eigenvalue weighted by Crippen LogP contribution is 2.13. The van der Waals surface area contributed by atoms with E-state index in [9.17, 15) is 14.9 Å². The summed E-state index contributed by atoms with van der Waals surface area (Å²) in [5.74, 6) is 0.327. The minimum Gasteiger partial charge on any atom is -0.455 e. The van der Waals surface area contributed by atoms with Crippen LogP contribution >= 0.6 is 12.4 Å². The van der Waals surface area contributed by atoms with Crippen LogP contribution in [0, 0.1) is 17.0 Å². The molecule has 0 saturated carbocycles. The Balaban J connectivity index is 0.00000280. The lowest BCUT2D eigenvalue weighted by molar-refractivity contribution is -0.384. The van der Waals surface area contributed by atoms with Crippen molar-refractivity contribution >= 4 is 29.9 Å². The molecule has 11 nitrogen and oxygen atoms in total. The summed E-state index contributed by atoms with van der Waals surface area (Å²) < 4.78 is 6.67. The Kier molecular flexibility index (Phi) is 6.55. The van der Waals surface area contributed by atoms with E-state index in [4.69, 9.17) is 10.5 Å². The zero-order valence-corrected chi connectivity index (χ0v) is 15.5. The highest BCUT2D eigenvalue weighted by molar-refractivity contribution is 5.89. The first-order valence-corrected chi connectivity index (χ1v) is 7.81. The number of nitro benzene ring substituents is 1. The van der Waals surface area contributed by atoms with Crippen molar-refractivity contribution in [3.8, 4) is 0 Å². The van der Waals surface area contributed by atoms with Crippen molar-refractivity contribution in [2.45, 2.75) is 20.1 Å². The number of esters is 1. The summed E-state index contributed by atoms with van der Waals surface area (Å²) in [7, 11) is 0. The van der Waals surface area contributed by atoms with Crippen LogP contribution in [0.25, 0.3) is 0 Å². The summed E-state index contributed by atoms with van der Waals surface area (Å²) in [6, 6.07) is 5.14. The molecule has 0 bridgehead atoms. The second-order valence-corrected chi connectivity index (χ2v) is 5.62. The number of nitrogens with zero attached hydrogens (tertiary/aromatic N) is 6. The molecule has 2 heterocycles. The molecule has 0 aliphatic carbocycles. The molecule has 0 amide bonds. The van der Waals surface area contributed by atoms with Gasteiger partial charge in [0.25, 0.3) is 5.69 Å². The minimum absolute atomic E-state index is 0. The van der Waals surface area contributed by atoms with Gasteiger partial charge in [0.1, 0.15) is 23.9 Å². The number of rotatable bonds is 6. The van der Waals surface area contributed by atoms with Crippen LogP contribution in [0.2, 0.25) is 0 Å². The monoisotopic (exact) mass is 405 g/mol. The van der Waals surface area contributed by atoms with Crippen LogP contribution in [0.5, 0.6) is 0 Å². The van der Waals surface area contributed by atoms with E-state index >= 15 is 0 Å². The van der Waals surface area contributed by atoms with Crippen LogP contribution in [0.3, 0.4) is 0 Å². The van der Waals surface area contributed by atoms with Gasteiger partial charge in [-0.05, 0) is 19.1 Å². The van der Waals surface area contributed by atoms with E-state index in [0.29, 0.717) is 29.4 Å². The highest BCUT2D eigenvalue weighted by Gasteiger charge is 2.12. The minimum atomic E-state index is -0.615. The fraction of sp³-hybridized carbons (Fsp3) is 0.188. The number of ether oxygens (including phenoxy) is 1. The number of non-ortho nitro benzene ring substituents is 1. The zero-order chi connectivity index (χ0) is 19.4. The molecule has 28 heavy (non-hydrogen) atoms. The van der Waals surface area contributed by atoms with E-state index in [2.05, 4.69) is 20.3 Å². The number of benzene rings is 1. The van der Waals surface area contributed by atoms with Crippen molar-refractivity contribution in [1.82, 2.24) is 25.0 Å². The smallest absolute Gasteiger partial charge is 0.338 e. The molecule has 2 N–H and O–H groups in total. The Morgan fingerprint density at radius 3 is 2.68 bits per heavy atom. The summed E-state index contributed by atoms with van der Waals surface area (Å²) in [5.41, 5.74) is 7.08. The first kappa shape index (κ1) is 20.7. The van der Waals surface area contributed by atoms with Crippen LogP contribution in [-0.2, 0) is 17.9 Å². The molecular weight excluding hydrogens is 390 g/mol. The topological polar surface area (TPSA) is 152 Å². The van der Waals surface area contributed by atoms with Crippen LogP contribution in [0.4, 0.5) is 11.5 Å². The van der Waals surface area contributed by atoms with Gasteiger partial charge in [0.2, 0.25) is 0 Å². The number of nitrogens with two attached hydrogens (primary N) is 1. The lowest BCUT2D eigenvalue weighted by atomic mass is 10.2. The van der Waals surface area contributed by atoms with E-state index in [1.165, 1.54) is 28.9 Å². The Hall–Kier alpha value is -3.60. The highest BCUT2D eigenvalue weighted by atomic mass is 35.5. The zero-order valence-electron chi connectivity index (χ0n) is 14.7. The standard InChI is InChI=1S/C16H15N7O4.ClH/c1-10-18-6-12(15(17)19-10)7-22-8-13(20-21-22)9-27-16(24)11-2-4-14(5-3-11)23(25)26;/h2-6,8H,7,9H2,1H3,(H2,17,18,19);1H. The largest absolute Gasteiger partial charge is 0.455 e. The number of nitrogen functional groups attached to an aromatic ring is 1. The van der Waals surface area contributed by atoms with Crippen LogP contribution < -0.4 is 5.73 Å². The number of anilines is 1. The molecular formula is C16H16ClN7O4. The average Bonchev–Trinajstić information content (AvgIpc) is 3.09. The third-order valence-corrected chi connectivity index (χ3v) is 3.60. The summed E-state index contributed by atoms with van der Waals surface area (Å²) in [5, 5.41) is 18.5. The molecule has 0 unspecified atom stereocenters. The van der Waals surface area contributed by atoms with E-state index in [1.54, 1.807) is 19.3 Å². The van der Waals surface area contributed by atoms with Gasteiger partial charge in [-0.2, -0.15) is 0 Å². The molecule has 0 aliphatic rings. The summed E-state index contributed by atoms with van der Waals surface area (Å²) in [6.45, 7) is 1.98. The first-order chi connectivity index (χ1) is 12.9. The molecule has 0 saturated heterocycles. The number of halogens is 1. The van der Waals surface area contributed by atoms with Gasteiger partial charge >= 0.3 is 5.97 Å². The predicted molar refractivity (Wildman–Crippen MR) is 99.8 cm³/mol. The van der Waals surface area contributed by atoms with Gasteiger partial charge in [0.15, 0.2) is 0 Å². The normalized spacial score (nSPS) is 10.2. The number of carbonyl (C=O) groups is 1. The van der Waals surface area contributed by atoms with Gasteiger partial charge in [-0.25, -0.2) is 19.4 Å². The Labute approximate surface area is 165 Å². The van der Waals surface area contributed by atoms with Gasteiger partial charge in [-0.15, -0.1) is 17.5 Å². The maximum Gasteiger partial charge on any atom is 0.338 e. The SMILES string of the molecule is Cc1ncc(Cn2cc(COC(=O)c3ccc([N+](=O)[O-])cc3)nn2)c(N)n1.Cl. The third kappa shape index (κ3) is 4.98. The maximum absolute atomic E-state index is 12.0. The van der Waals surface area contributed by atoms with E-state index in [1.807, 2.05) is 0 Å². The predicted octanol–water partition coefficient (Wildman–Crippen LogP) is 1.69. The Bertz CT molecular complexity index is 991. The number of aromatic nitrogens is 5. The lowest BCUT2D eigenvalue weighted by Gasteiger charge is -2.04. The molecule has 12 heteroatoms. The molecule has 0 fully saturated rings. The maximum atomic E-state index is 12.0. The fourth-order valence-electron chi connectivity index (χ4n) is 2.23. The fourth-order valence-corrected chi connectivity index (χ4v) is 2.23. The molecule has 3 rings (SSSR count). The van der Waals surface area contributed by atoms with E-state index in [-0.39, 0.29) is 30.3 Å². The van der Waals surface area contributed by atoms with Gasteiger partial charge in [0.05, 0.1) is 23.2 Å². The van der Waals surface area contributed by atoms with Crippen molar-refractivity contribution < 1.29 is 14.5 Å².